The summed E-state index contributed by atoms with van der Waals surface area (Å²) in [5.74, 6) is 0. The van der Waals surface area contributed by atoms with Gasteiger partial charge in [0.1, 0.15) is 0 Å². The molecule has 0 spiro atoms. The zero-order chi connectivity index (χ0) is 18.2. The standard InChI is InChI=1S/C17H10Cl3F3N2/c18-16(19,20)15-9-14(12-6-1-2-7-13(12)25-15)24-11-5-3-4-10(8-11)17(21,22)23/h1-9H,(H,24,25). The van der Waals surface area contributed by atoms with Gasteiger partial charge in [0.2, 0.25) is 3.79 Å². The third kappa shape index (κ3) is 4.11. The lowest BCUT2D eigenvalue weighted by Crippen LogP contribution is -2.07. The van der Waals surface area contributed by atoms with Gasteiger partial charge < -0.3 is 5.32 Å². The molecule has 0 saturated heterocycles. The van der Waals surface area contributed by atoms with Crippen LogP contribution >= 0.6 is 34.8 Å². The molecule has 0 radical (unpaired) electrons. The van der Waals surface area contributed by atoms with Crippen molar-refractivity contribution in [3.8, 4) is 0 Å². The average Bonchev–Trinajstić information content (AvgIpc) is 2.53. The molecule has 0 aliphatic rings. The summed E-state index contributed by atoms with van der Waals surface area (Å²) in [6.45, 7) is 0. The molecule has 2 aromatic carbocycles. The van der Waals surface area contributed by atoms with Crippen LogP contribution in [0.1, 0.15) is 11.3 Å². The number of pyridine rings is 1. The minimum absolute atomic E-state index is 0.172. The Bertz CT molecular complexity index is 921. The maximum Gasteiger partial charge on any atom is 0.416 e. The van der Waals surface area contributed by atoms with Crippen LogP contribution in [0.4, 0.5) is 24.5 Å². The molecule has 0 saturated carbocycles. The fourth-order valence-electron chi connectivity index (χ4n) is 2.35. The fourth-order valence-corrected chi connectivity index (χ4v) is 2.64. The van der Waals surface area contributed by atoms with Crippen LogP contribution < -0.4 is 5.32 Å². The molecular weight excluding hydrogens is 396 g/mol. The first-order chi connectivity index (χ1) is 11.6. The zero-order valence-corrected chi connectivity index (χ0v) is 14.7. The van der Waals surface area contributed by atoms with E-state index in [0.717, 1.165) is 12.1 Å². The fraction of sp³-hybridized carbons (Fsp3) is 0.118. The largest absolute Gasteiger partial charge is 0.416 e. The van der Waals surface area contributed by atoms with Crippen LogP contribution in [-0.2, 0) is 9.97 Å². The van der Waals surface area contributed by atoms with Crippen LogP contribution in [0.3, 0.4) is 0 Å². The highest BCUT2D eigenvalue weighted by Crippen LogP contribution is 2.40. The molecule has 25 heavy (non-hydrogen) atoms. The van der Waals surface area contributed by atoms with Crippen LogP contribution in [0.5, 0.6) is 0 Å². The molecule has 0 unspecified atom stereocenters. The summed E-state index contributed by atoms with van der Waals surface area (Å²) in [6.07, 6.45) is -4.43. The van der Waals surface area contributed by atoms with E-state index in [0.29, 0.717) is 16.6 Å². The van der Waals surface area contributed by atoms with Crippen molar-refractivity contribution in [2.24, 2.45) is 0 Å². The number of benzene rings is 2. The van der Waals surface area contributed by atoms with E-state index < -0.39 is 15.5 Å². The van der Waals surface area contributed by atoms with Gasteiger partial charge in [0, 0.05) is 16.8 Å². The van der Waals surface area contributed by atoms with Crippen LogP contribution in [0, 0.1) is 0 Å². The summed E-state index contributed by atoms with van der Waals surface area (Å²) in [7, 11) is 0. The minimum atomic E-state index is -4.43. The third-order valence-corrected chi connectivity index (χ3v) is 4.06. The molecule has 8 heteroatoms. The number of nitrogens with one attached hydrogen (secondary N) is 1. The van der Waals surface area contributed by atoms with E-state index >= 15 is 0 Å². The first-order valence-electron chi connectivity index (χ1n) is 7.06. The molecule has 0 aliphatic carbocycles. The van der Waals surface area contributed by atoms with Crippen molar-refractivity contribution < 1.29 is 13.2 Å². The van der Waals surface area contributed by atoms with E-state index in [1.165, 1.54) is 18.2 Å². The van der Waals surface area contributed by atoms with Gasteiger partial charge in [-0.05, 0) is 30.3 Å². The highest BCUT2D eigenvalue weighted by atomic mass is 35.6. The number of rotatable bonds is 2. The van der Waals surface area contributed by atoms with E-state index in [-0.39, 0.29) is 11.4 Å². The van der Waals surface area contributed by atoms with E-state index in [2.05, 4.69) is 10.3 Å². The van der Waals surface area contributed by atoms with Gasteiger partial charge in [-0.15, -0.1) is 0 Å². The average molecular weight is 406 g/mol. The number of nitrogens with zero attached hydrogens (tertiary/aromatic N) is 1. The molecule has 0 bridgehead atoms. The van der Waals surface area contributed by atoms with Crippen molar-refractivity contribution >= 4 is 57.1 Å². The van der Waals surface area contributed by atoms with Crippen molar-refractivity contribution in [3.05, 3.63) is 65.9 Å². The normalized spacial score (nSPS) is 12.4. The number of alkyl halides is 6. The minimum Gasteiger partial charge on any atom is -0.355 e. The lowest BCUT2D eigenvalue weighted by molar-refractivity contribution is -0.137. The van der Waals surface area contributed by atoms with Gasteiger partial charge in [-0.3, -0.25) is 0 Å². The first-order valence-corrected chi connectivity index (χ1v) is 8.19. The Kier molecular flexibility index (Phi) is 4.75. The molecule has 3 aromatic rings. The predicted octanol–water partition coefficient (Wildman–Crippen LogP) is 6.82. The van der Waals surface area contributed by atoms with Gasteiger partial charge in [-0.1, -0.05) is 59.1 Å². The van der Waals surface area contributed by atoms with Crippen molar-refractivity contribution in [1.82, 2.24) is 4.98 Å². The van der Waals surface area contributed by atoms with E-state index in [1.54, 1.807) is 24.3 Å². The van der Waals surface area contributed by atoms with E-state index in [9.17, 15) is 13.2 Å². The Morgan fingerprint density at radius 1 is 0.880 bits per heavy atom. The summed E-state index contributed by atoms with van der Waals surface area (Å²) >= 11 is 17.7. The summed E-state index contributed by atoms with van der Waals surface area (Å²) in [4.78, 5) is 4.29. The summed E-state index contributed by atoms with van der Waals surface area (Å²) in [5, 5.41) is 3.65. The molecular formula is C17H10Cl3F3N2. The van der Waals surface area contributed by atoms with Crippen LogP contribution in [0.25, 0.3) is 10.9 Å². The van der Waals surface area contributed by atoms with E-state index in [4.69, 9.17) is 34.8 Å². The Morgan fingerprint density at radius 2 is 1.60 bits per heavy atom. The van der Waals surface area contributed by atoms with E-state index in [1.807, 2.05) is 0 Å². The maximum atomic E-state index is 12.9. The molecule has 1 heterocycles. The smallest absolute Gasteiger partial charge is 0.355 e. The van der Waals surface area contributed by atoms with Crippen LogP contribution in [-0.4, -0.2) is 4.98 Å². The number of anilines is 2. The van der Waals surface area contributed by atoms with Gasteiger partial charge in [-0.2, -0.15) is 13.2 Å². The number of para-hydroxylation sites is 1. The Labute approximate surface area is 156 Å². The monoisotopic (exact) mass is 404 g/mol. The van der Waals surface area contributed by atoms with Crippen LogP contribution in [0.2, 0.25) is 0 Å². The van der Waals surface area contributed by atoms with Crippen molar-refractivity contribution in [1.29, 1.82) is 0 Å². The number of hydrogen-bond donors (Lipinski definition) is 1. The topological polar surface area (TPSA) is 24.9 Å². The number of halogens is 6. The summed E-state index contributed by atoms with van der Waals surface area (Å²) < 4.78 is 36.9. The molecule has 0 aliphatic heterocycles. The summed E-state index contributed by atoms with van der Waals surface area (Å²) in [5.41, 5.74) is 0.733. The molecule has 2 nitrogen and oxygen atoms in total. The summed E-state index contributed by atoms with van der Waals surface area (Å²) in [6, 6.07) is 13.4. The maximum absolute atomic E-state index is 12.9. The number of hydrogen-bond acceptors (Lipinski definition) is 2. The SMILES string of the molecule is FC(F)(F)c1cccc(Nc2cc(C(Cl)(Cl)Cl)nc3ccccc23)c1. The van der Waals surface area contributed by atoms with Crippen molar-refractivity contribution in [2.75, 3.05) is 5.32 Å². The van der Waals surface area contributed by atoms with Crippen LogP contribution in [0.15, 0.2) is 54.6 Å². The molecule has 0 atom stereocenters. The zero-order valence-electron chi connectivity index (χ0n) is 12.4. The predicted molar refractivity (Wildman–Crippen MR) is 95.7 cm³/mol. The second kappa shape index (κ2) is 6.56. The Morgan fingerprint density at radius 3 is 2.28 bits per heavy atom. The number of fused-ring (bicyclic) bond motifs is 1. The van der Waals surface area contributed by atoms with Gasteiger partial charge in [0.05, 0.1) is 16.8 Å². The molecule has 0 amide bonds. The lowest BCUT2D eigenvalue weighted by Gasteiger charge is -2.16. The highest BCUT2D eigenvalue weighted by molar-refractivity contribution is 6.66. The van der Waals surface area contributed by atoms with Gasteiger partial charge in [0.15, 0.2) is 0 Å². The van der Waals surface area contributed by atoms with Gasteiger partial charge >= 0.3 is 6.18 Å². The molecule has 1 N–H and O–H groups in total. The molecule has 1 aromatic heterocycles. The third-order valence-electron chi connectivity index (χ3n) is 3.48. The first kappa shape index (κ1) is 18.1. The molecule has 130 valence electrons. The highest BCUT2D eigenvalue weighted by Gasteiger charge is 2.30. The lowest BCUT2D eigenvalue weighted by atomic mass is 10.1. The Hall–Kier alpha value is -1.69. The molecule has 3 rings (SSSR count). The second-order valence-electron chi connectivity index (χ2n) is 5.27. The van der Waals surface area contributed by atoms with Crippen molar-refractivity contribution in [3.63, 3.8) is 0 Å². The van der Waals surface area contributed by atoms with Gasteiger partial charge in [-0.25, -0.2) is 4.98 Å². The second-order valence-corrected chi connectivity index (χ2v) is 7.55. The van der Waals surface area contributed by atoms with Gasteiger partial charge in [0.25, 0.3) is 0 Å². The molecule has 0 fully saturated rings. The number of aromatic nitrogens is 1. The quantitative estimate of drug-likeness (QED) is 0.473. The Balaban J connectivity index is 2.09. The van der Waals surface area contributed by atoms with Crippen molar-refractivity contribution in [2.45, 2.75) is 9.97 Å².